The molecule has 2 aliphatic heterocycles. The van der Waals surface area contributed by atoms with Crippen LogP contribution in [-0.4, -0.2) is 25.1 Å². The lowest BCUT2D eigenvalue weighted by Gasteiger charge is -1.91. The fourth-order valence-electron chi connectivity index (χ4n) is 1.41. The molecule has 112 valence electrons. The van der Waals surface area contributed by atoms with E-state index in [9.17, 15) is 19.2 Å². The molecule has 0 bridgehead atoms. The summed E-state index contributed by atoms with van der Waals surface area (Å²) >= 11 is 5.02. The molecule has 0 aromatic carbocycles. The molecule has 8 heteroatoms. The minimum atomic E-state index is 0.426. The Bertz CT molecular complexity index is 581. The summed E-state index contributed by atoms with van der Waals surface area (Å²) in [5.74, 6) is 0. The molecule has 0 spiro atoms. The second kappa shape index (κ2) is 8.42. The monoisotopic (exact) mass is 368 g/mol. The molecule has 0 N–H and O–H groups in total. The van der Waals surface area contributed by atoms with E-state index in [0.717, 1.165) is 8.47 Å². The van der Waals surface area contributed by atoms with Crippen molar-refractivity contribution in [2.24, 2.45) is 0 Å². The second-order valence-corrected chi connectivity index (χ2v) is 8.54. The predicted octanol–water partition coefficient (Wildman–Crippen LogP) is 3.40. The smallest absolute Gasteiger partial charge is 0.158 e. The Hall–Kier alpha value is -1.22. The van der Waals surface area contributed by atoms with Crippen molar-refractivity contribution in [3.8, 4) is 0 Å². The maximum absolute atomic E-state index is 10.8. The zero-order valence-corrected chi connectivity index (χ0v) is 14.2. The van der Waals surface area contributed by atoms with Crippen LogP contribution in [0.2, 0.25) is 0 Å². The largest absolute Gasteiger partial charge is 0.297 e. The fraction of sp³-hybridized carbons (Fsp3) is 0. The summed E-state index contributed by atoms with van der Waals surface area (Å²) in [4.78, 5) is 44.8. The van der Waals surface area contributed by atoms with Gasteiger partial charge in [0.05, 0.1) is 28.1 Å². The minimum Gasteiger partial charge on any atom is -0.297 e. The quantitative estimate of drug-likeness (QED) is 0.661. The van der Waals surface area contributed by atoms with E-state index in [1.807, 2.05) is 0 Å². The summed E-state index contributed by atoms with van der Waals surface area (Å²) < 4.78 is 1.68. The van der Waals surface area contributed by atoms with E-state index in [2.05, 4.69) is 0 Å². The minimum absolute atomic E-state index is 0.426. The van der Waals surface area contributed by atoms with Crippen LogP contribution in [0.4, 0.5) is 0 Å². The van der Waals surface area contributed by atoms with Gasteiger partial charge in [-0.15, -0.1) is 0 Å². The van der Waals surface area contributed by atoms with Gasteiger partial charge in [-0.05, 0) is 12.2 Å². The lowest BCUT2D eigenvalue weighted by molar-refractivity contribution is -0.106. The standard InChI is InChI=1S/C14H8O4S4/c15-5-9-10(6-16)20-13(19-9)3-1-2-4-14-21-11(7-17)12(8-18)22-14/h1-8H/b2-1+. The van der Waals surface area contributed by atoms with Gasteiger partial charge in [-0.25, -0.2) is 0 Å². The molecule has 0 radical (unpaired) electrons. The van der Waals surface area contributed by atoms with Crippen LogP contribution >= 0.6 is 47.0 Å². The third-order valence-electron chi connectivity index (χ3n) is 2.33. The molecule has 2 heterocycles. The number of hydrogen-bond acceptors (Lipinski definition) is 8. The van der Waals surface area contributed by atoms with Crippen molar-refractivity contribution in [3.63, 3.8) is 0 Å². The summed E-state index contributed by atoms with van der Waals surface area (Å²) in [6.07, 6.45) is 9.84. The molecule has 4 nitrogen and oxygen atoms in total. The first-order valence-electron chi connectivity index (χ1n) is 5.81. The SMILES string of the molecule is O=CC1=C(C=O)SC(=C/C=C/C=C2SC(C=O)=C(C=O)S2)S1. The molecule has 0 aromatic heterocycles. The highest BCUT2D eigenvalue weighted by Gasteiger charge is 2.20. The Morgan fingerprint density at radius 1 is 0.500 bits per heavy atom. The van der Waals surface area contributed by atoms with E-state index in [0.29, 0.717) is 44.8 Å². The van der Waals surface area contributed by atoms with Crippen molar-refractivity contribution in [1.29, 1.82) is 0 Å². The second-order valence-electron chi connectivity index (χ2n) is 3.69. The highest BCUT2D eigenvalue weighted by molar-refractivity contribution is 8.29. The Morgan fingerprint density at radius 2 is 0.773 bits per heavy atom. The number of aldehydes is 4. The molecule has 0 amide bonds. The number of rotatable bonds is 6. The van der Waals surface area contributed by atoms with Crippen LogP contribution in [0.1, 0.15) is 0 Å². The van der Waals surface area contributed by atoms with Gasteiger partial charge in [-0.2, -0.15) is 0 Å². The van der Waals surface area contributed by atoms with Crippen molar-refractivity contribution >= 4 is 72.2 Å². The van der Waals surface area contributed by atoms with Crippen LogP contribution in [0.15, 0.2) is 52.4 Å². The molecule has 0 aliphatic carbocycles. The Kier molecular flexibility index (Phi) is 6.56. The summed E-state index contributed by atoms with van der Waals surface area (Å²) in [6, 6.07) is 0. The van der Waals surface area contributed by atoms with Gasteiger partial charge in [-0.1, -0.05) is 59.2 Å². The summed E-state index contributed by atoms with van der Waals surface area (Å²) in [7, 11) is 0. The Balaban J connectivity index is 1.96. The molecule has 2 aliphatic rings. The average Bonchev–Trinajstić information content (AvgIpc) is 3.14. The van der Waals surface area contributed by atoms with Crippen molar-refractivity contribution in [3.05, 3.63) is 52.4 Å². The van der Waals surface area contributed by atoms with Gasteiger partial charge in [0.25, 0.3) is 0 Å². The third kappa shape index (κ3) is 4.16. The van der Waals surface area contributed by atoms with Crippen LogP contribution < -0.4 is 0 Å². The van der Waals surface area contributed by atoms with Gasteiger partial charge in [0.1, 0.15) is 0 Å². The zero-order valence-electron chi connectivity index (χ0n) is 10.9. The number of hydrogen-bond donors (Lipinski definition) is 0. The summed E-state index contributed by atoms with van der Waals surface area (Å²) in [6.45, 7) is 0. The molecule has 0 unspecified atom stereocenters. The molecule has 0 saturated carbocycles. The van der Waals surface area contributed by atoms with Crippen LogP contribution in [0.25, 0.3) is 0 Å². The third-order valence-corrected chi connectivity index (χ3v) is 7.08. The molecule has 0 fully saturated rings. The van der Waals surface area contributed by atoms with Gasteiger partial charge in [-0.3, -0.25) is 19.2 Å². The lowest BCUT2D eigenvalue weighted by atomic mass is 10.5. The van der Waals surface area contributed by atoms with Crippen LogP contribution in [-0.2, 0) is 19.2 Å². The molecular weight excluding hydrogens is 360 g/mol. The molecule has 0 aromatic rings. The lowest BCUT2D eigenvalue weighted by Crippen LogP contribution is -1.79. The fourth-order valence-corrected chi connectivity index (χ4v) is 5.56. The van der Waals surface area contributed by atoms with E-state index in [1.54, 1.807) is 24.3 Å². The zero-order chi connectivity index (χ0) is 15.9. The summed E-state index contributed by atoms with van der Waals surface area (Å²) in [5.41, 5.74) is 0. The van der Waals surface area contributed by atoms with Crippen molar-refractivity contribution in [2.45, 2.75) is 0 Å². The van der Waals surface area contributed by atoms with E-state index in [1.165, 1.54) is 47.0 Å². The van der Waals surface area contributed by atoms with Crippen LogP contribution in [0.3, 0.4) is 0 Å². The molecular formula is C14H8O4S4. The maximum Gasteiger partial charge on any atom is 0.158 e. The predicted molar refractivity (Wildman–Crippen MR) is 94.0 cm³/mol. The first-order chi connectivity index (χ1) is 10.7. The van der Waals surface area contributed by atoms with Gasteiger partial charge in [0, 0.05) is 0 Å². The number of thioether (sulfide) groups is 4. The van der Waals surface area contributed by atoms with Gasteiger partial charge in [0.15, 0.2) is 25.1 Å². The van der Waals surface area contributed by atoms with Crippen molar-refractivity contribution in [2.75, 3.05) is 0 Å². The van der Waals surface area contributed by atoms with Gasteiger partial charge < -0.3 is 0 Å². The molecule has 0 atom stereocenters. The highest BCUT2D eigenvalue weighted by atomic mass is 32.2. The maximum atomic E-state index is 10.8. The molecule has 2 rings (SSSR count). The summed E-state index contributed by atoms with van der Waals surface area (Å²) in [5, 5.41) is 0. The van der Waals surface area contributed by atoms with E-state index in [-0.39, 0.29) is 0 Å². The average molecular weight is 368 g/mol. The van der Waals surface area contributed by atoms with Crippen LogP contribution in [0.5, 0.6) is 0 Å². The van der Waals surface area contributed by atoms with Crippen molar-refractivity contribution < 1.29 is 19.2 Å². The first-order valence-corrected chi connectivity index (χ1v) is 9.07. The van der Waals surface area contributed by atoms with E-state index < -0.39 is 0 Å². The topological polar surface area (TPSA) is 68.3 Å². The highest BCUT2D eigenvalue weighted by Crippen LogP contribution is 2.48. The Labute approximate surface area is 143 Å². The van der Waals surface area contributed by atoms with Gasteiger partial charge in [0.2, 0.25) is 0 Å². The number of carbonyl (C=O) groups excluding carboxylic acids is 4. The van der Waals surface area contributed by atoms with Gasteiger partial charge >= 0.3 is 0 Å². The normalized spacial score (nSPS) is 18.2. The van der Waals surface area contributed by atoms with Crippen LogP contribution in [0, 0.1) is 0 Å². The first kappa shape index (κ1) is 17.1. The Morgan fingerprint density at radius 3 is 1.00 bits per heavy atom. The van der Waals surface area contributed by atoms with E-state index >= 15 is 0 Å². The number of allylic oxidation sites excluding steroid dienone is 8. The number of carbonyl (C=O) groups is 4. The van der Waals surface area contributed by atoms with E-state index in [4.69, 9.17) is 0 Å². The molecule has 0 saturated heterocycles. The van der Waals surface area contributed by atoms with Crippen molar-refractivity contribution in [1.82, 2.24) is 0 Å². The molecule has 22 heavy (non-hydrogen) atoms.